The predicted octanol–water partition coefficient (Wildman–Crippen LogP) is 7.21. The second-order valence-corrected chi connectivity index (χ2v) is 18.1. The van der Waals surface area contributed by atoms with E-state index in [4.69, 9.17) is 59.8 Å². The Hall–Kier alpha value is -5.75. The van der Waals surface area contributed by atoms with Crippen LogP contribution >= 0.6 is 34.8 Å². The molecular weight excluding hydrogens is 963 g/mol. The van der Waals surface area contributed by atoms with Crippen LogP contribution in [0.15, 0.2) is 76.7 Å². The quantitative estimate of drug-likeness (QED) is 0.0168. The molecule has 0 aliphatic rings. The second-order valence-electron chi connectivity index (χ2n) is 14.9. The molecule has 0 aliphatic carbocycles. The molecule has 0 radical (unpaired) electrons. The molecule has 23 heteroatoms. The number of hydrogen-bond donors (Lipinski definition) is 3. The number of carbonyl (C=O) groups excluding carboxylic acids is 4. The lowest BCUT2D eigenvalue weighted by molar-refractivity contribution is -0.128. The van der Waals surface area contributed by atoms with Gasteiger partial charge in [-0.1, -0.05) is 65.9 Å². The van der Waals surface area contributed by atoms with Crippen molar-refractivity contribution >= 4 is 68.5 Å². The van der Waals surface area contributed by atoms with Crippen molar-refractivity contribution in [2.45, 2.75) is 63.3 Å². The topological polar surface area (TPSA) is 260 Å². The first kappa shape index (κ1) is 54.9. The standard InChI is InChI=1S/C45H53Cl3N10O9S/c1-4-45(5-2,54-43(61)40-31(3)41(32-9-13-34(46)14-10-32)58(55-40)38-18-15-35(47)30-37(38)48)44(62)52-22-25-66-27-29-67-28-26-65-24-21-51-42(60)33-11-16-36(17-12-33)68(63,64)57(23-19-49)39(59)8-6-7-20-53-56-50/h9-18,30H,4-8,20-29H2,1-3H3,(H,51,60)(H,52,62)(H,54,61). The highest BCUT2D eigenvalue weighted by molar-refractivity contribution is 7.89. The summed E-state index contributed by atoms with van der Waals surface area (Å²) in [6.45, 7) is 6.60. The van der Waals surface area contributed by atoms with Gasteiger partial charge in [0.2, 0.25) is 11.8 Å². The number of azide groups is 1. The fourth-order valence-electron chi connectivity index (χ4n) is 6.76. The van der Waals surface area contributed by atoms with E-state index >= 15 is 0 Å². The van der Waals surface area contributed by atoms with Crippen molar-refractivity contribution in [3.05, 3.63) is 109 Å². The largest absolute Gasteiger partial charge is 0.377 e. The molecule has 0 saturated carbocycles. The molecule has 3 N–H and O–H groups in total. The Kier molecular flexibility index (Phi) is 22.0. The molecular formula is C45H53Cl3N10O9S. The number of benzene rings is 3. The number of sulfonamides is 1. The summed E-state index contributed by atoms with van der Waals surface area (Å²) in [5.74, 6) is -2.15. The van der Waals surface area contributed by atoms with Crippen LogP contribution in [0.2, 0.25) is 15.1 Å². The molecule has 68 heavy (non-hydrogen) atoms. The van der Waals surface area contributed by atoms with Gasteiger partial charge in [0, 0.05) is 57.7 Å². The third kappa shape index (κ3) is 15.1. The van der Waals surface area contributed by atoms with Crippen molar-refractivity contribution in [3.8, 4) is 23.0 Å². The number of carbonyl (C=O) groups is 4. The zero-order valence-electron chi connectivity index (χ0n) is 37.8. The highest BCUT2D eigenvalue weighted by Crippen LogP contribution is 2.34. The van der Waals surface area contributed by atoms with E-state index in [-0.39, 0.29) is 94.2 Å². The third-order valence-electron chi connectivity index (χ3n) is 10.6. The summed E-state index contributed by atoms with van der Waals surface area (Å²) in [5.41, 5.74) is 9.84. The van der Waals surface area contributed by atoms with Gasteiger partial charge in [-0.15, -0.1) is 0 Å². The maximum Gasteiger partial charge on any atom is 0.272 e. The van der Waals surface area contributed by atoms with Gasteiger partial charge in [0.25, 0.3) is 21.8 Å². The Morgan fingerprint density at radius 3 is 2.04 bits per heavy atom. The van der Waals surface area contributed by atoms with E-state index in [1.165, 1.54) is 24.3 Å². The van der Waals surface area contributed by atoms with Crippen molar-refractivity contribution in [3.63, 3.8) is 0 Å². The number of hydrogen-bond acceptors (Lipinski definition) is 12. The summed E-state index contributed by atoms with van der Waals surface area (Å²) in [6, 6.07) is 18.7. The molecule has 0 atom stereocenters. The number of nitrogens with one attached hydrogen (secondary N) is 3. The van der Waals surface area contributed by atoms with E-state index in [0.29, 0.717) is 55.6 Å². The highest BCUT2D eigenvalue weighted by Gasteiger charge is 2.38. The van der Waals surface area contributed by atoms with Gasteiger partial charge in [-0.25, -0.2) is 17.4 Å². The van der Waals surface area contributed by atoms with E-state index in [9.17, 15) is 27.6 Å². The predicted molar refractivity (Wildman–Crippen MR) is 256 cm³/mol. The fraction of sp³-hybridized carbons (Fsp3) is 0.422. The Labute approximate surface area is 410 Å². The third-order valence-corrected chi connectivity index (χ3v) is 13.1. The summed E-state index contributed by atoms with van der Waals surface area (Å²) < 4.78 is 45.0. The molecule has 0 saturated heterocycles. The van der Waals surface area contributed by atoms with E-state index in [2.05, 4.69) is 31.1 Å². The number of nitrogens with zero attached hydrogens (tertiary/aromatic N) is 7. The average Bonchev–Trinajstić information content (AvgIpc) is 3.67. The molecule has 0 bridgehead atoms. The Bertz CT molecular complexity index is 2560. The zero-order valence-corrected chi connectivity index (χ0v) is 40.9. The number of rotatable bonds is 28. The number of ether oxygens (including phenoxy) is 3. The van der Waals surface area contributed by atoms with Gasteiger partial charge in [0.15, 0.2) is 5.69 Å². The lowest BCUT2D eigenvalue weighted by Crippen LogP contribution is -2.58. The number of halogens is 3. The van der Waals surface area contributed by atoms with Gasteiger partial charge >= 0.3 is 0 Å². The Morgan fingerprint density at radius 1 is 0.853 bits per heavy atom. The molecule has 0 aliphatic heterocycles. The number of aromatic nitrogens is 2. The summed E-state index contributed by atoms with van der Waals surface area (Å²) in [5, 5.41) is 27.0. The minimum absolute atomic E-state index is 0.116. The summed E-state index contributed by atoms with van der Waals surface area (Å²) in [6.07, 6.45) is 1.10. The molecule has 0 unspecified atom stereocenters. The van der Waals surface area contributed by atoms with Crippen LogP contribution in [0, 0.1) is 18.3 Å². The normalized spacial score (nSPS) is 11.3. The zero-order chi connectivity index (χ0) is 49.7. The fourth-order valence-corrected chi connectivity index (χ4v) is 8.69. The van der Waals surface area contributed by atoms with Crippen LogP contribution in [0.25, 0.3) is 27.4 Å². The van der Waals surface area contributed by atoms with Crippen molar-refractivity contribution in [2.24, 2.45) is 5.11 Å². The van der Waals surface area contributed by atoms with Gasteiger partial charge in [-0.05, 0) is 92.7 Å². The van der Waals surface area contributed by atoms with Crippen molar-refractivity contribution in [1.82, 2.24) is 30.0 Å². The molecule has 1 heterocycles. The van der Waals surface area contributed by atoms with Crippen molar-refractivity contribution in [1.29, 1.82) is 5.26 Å². The van der Waals surface area contributed by atoms with Gasteiger partial charge in [0.05, 0.1) is 67.0 Å². The SMILES string of the molecule is CCC(CC)(NC(=O)c1nn(-c2ccc(Cl)cc2Cl)c(-c2ccc(Cl)cc2)c1C)C(=O)NCCOCCOCCOCCNC(=O)c1ccc(S(=O)(=O)N(CC#N)C(=O)CCCCN=[N+]=[N-])cc1. The van der Waals surface area contributed by atoms with E-state index in [1.54, 1.807) is 48.0 Å². The Balaban J connectivity index is 1.15. The van der Waals surface area contributed by atoms with Gasteiger partial charge < -0.3 is 30.2 Å². The van der Waals surface area contributed by atoms with Crippen molar-refractivity contribution in [2.75, 3.05) is 65.8 Å². The van der Waals surface area contributed by atoms with Crippen LogP contribution in [0.3, 0.4) is 0 Å². The average molecular weight is 1020 g/mol. The Morgan fingerprint density at radius 2 is 1.46 bits per heavy atom. The van der Waals surface area contributed by atoms with Gasteiger partial charge in [0.1, 0.15) is 12.1 Å². The first-order valence-electron chi connectivity index (χ1n) is 21.6. The number of nitriles is 1. The van der Waals surface area contributed by atoms with Gasteiger partial charge in [-0.2, -0.15) is 10.4 Å². The van der Waals surface area contributed by atoms with Crippen LogP contribution in [0.5, 0.6) is 0 Å². The van der Waals surface area contributed by atoms with E-state index < -0.39 is 39.8 Å². The van der Waals surface area contributed by atoms with Crippen LogP contribution in [-0.2, 0) is 33.8 Å². The molecule has 4 aromatic rings. The minimum atomic E-state index is -4.36. The smallest absolute Gasteiger partial charge is 0.272 e. The van der Waals surface area contributed by atoms with Gasteiger partial charge in [-0.3, -0.25) is 19.2 Å². The molecule has 19 nitrogen and oxygen atoms in total. The lowest BCUT2D eigenvalue weighted by Gasteiger charge is -2.31. The first-order chi connectivity index (χ1) is 32.6. The van der Waals surface area contributed by atoms with Crippen LogP contribution in [0.1, 0.15) is 72.4 Å². The number of unbranched alkanes of at least 4 members (excludes halogenated alkanes) is 1. The molecule has 0 fully saturated rings. The lowest BCUT2D eigenvalue weighted by atomic mass is 9.91. The molecule has 3 aromatic carbocycles. The number of amides is 4. The first-order valence-corrected chi connectivity index (χ1v) is 24.2. The monoisotopic (exact) mass is 1010 g/mol. The molecule has 4 amide bonds. The summed E-state index contributed by atoms with van der Waals surface area (Å²) >= 11 is 18.9. The van der Waals surface area contributed by atoms with Crippen LogP contribution < -0.4 is 16.0 Å². The summed E-state index contributed by atoms with van der Waals surface area (Å²) in [4.78, 5) is 55.1. The van der Waals surface area contributed by atoms with Crippen LogP contribution in [-0.4, -0.2) is 117 Å². The minimum Gasteiger partial charge on any atom is -0.377 e. The van der Waals surface area contributed by atoms with Crippen molar-refractivity contribution < 1.29 is 41.8 Å². The maximum absolute atomic E-state index is 14.0. The highest BCUT2D eigenvalue weighted by atomic mass is 35.5. The molecule has 1 aromatic heterocycles. The molecule has 0 spiro atoms. The molecule has 4 rings (SSSR count). The van der Waals surface area contributed by atoms with Crippen LogP contribution in [0.4, 0.5) is 0 Å². The van der Waals surface area contributed by atoms with E-state index in [1.807, 2.05) is 26.0 Å². The summed E-state index contributed by atoms with van der Waals surface area (Å²) in [7, 11) is -4.36. The second kappa shape index (κ2) is 27.3. The molecule has 364 valence electrons. The van der Waals surface area contributed by atoms with E-state index in [0.717, 1.165) is 5.56 Å². The maximum atomic E-state index is 14.0.